The number of hydrogen-bond donors (Lipinski definition) is 1. The van der Waals surface area contributed by atoms with Crippen LogP contribution >= 0.6 is 0 Å². The minimum absolute atomic E-state index is 0.624. The van der Waals surface area contributed by atoms with Crippen molar-refractivity contribution in [1.29, 1.82) is 0 Å². The normalized spacial score (nSPS) is 12.7. The highest BCUT2D eigenvalue weighted by atomic mass is 28.4. The van der Waals surface area contributed by atoms with Crippen LogP contribution in [0.3, 0.4) is 0 Å². The third kappa shape index (κ3) is 11.7. The van der Waals surface area contributed by atoms with E-state index in [1.807, 2.05) is 41.5 Å². The topological polar surface area (TPSA) is 67.4 Å². The van der Waals surface area contributed by atoms with Crippen molar-refractivity contribution in [1.82, 2.24) is 5.32 Å². The van der Waals surface area contributed by atoms with Crippen molar-refractivity contribution in [3.05, 3.63) is 0 Å². The molecule has 27 heavy (non-hydrogen) atoms. The highest BCUT2D eigenvalue weighted by molar-refractivity contribution is 6.61. The van der Waals surface area contributed by atoms with Gasteiger partial charge in [-0.05, 0) is 67.5 Å². The lowest BCUT2D eigenvalue weighted by Gasteiger charge is -2.29. The quantitative estimate of drug-likeness (QED) is 0.237. The van der Waals surface area contributed by atoms with E-state index in [1.165, 1.54) is 0 Å². The molecule has 0 amide bonds. The summed E-state index contributed by atoms with van der Waals surface area (Å²) < 4.78 is 35.3. The molecular formula is C18H43NO6Si2. The van der Waals surface area contributed by atoms with Gasteiger partial charge in [0.05, 0.1) is 0 Å². The lowest BCUT2D eigenvalue weighted by Crippen LogP contribution is -2.46. The number of hydrogen-bond acceptors (Lipinski definition) is 7. The maximum Gasteiger partial charge on any atom is 0.500 e. The molecule has 0 heterocycles. The minimum Gasteiger partial charge on any atom is -0.374 e. The molecule has 0 saturated heterocycles. The van der Waals surface area contributed by atoms with Crippen LogP contribution in [-0.2, 0) is 26.6 Å². The Hall–Kier alpha value is 0.154. The van der Waals surface area contributed by atoms with Gasteiger partial charge < -0.3 is 31.9 Å². The fourth-order valence-corrected chi connectivity index (χ4v) is 8.21. The van der Waals surface area contributed by atoms with Crippen LogP contribution in [0.4, 0.5) is 0 Å². The molecule has 0 fully saturated rings. The molecule has 0 rings (SSSR count). The van der Waals surface area contributed by atoms with Crippen molar-refractivity contribution in [3.63, 3.8) is 0 Å². The van der Waals surface area contributed by atoms with Gasteiger partial charge in [-0.1, -0.05) is 0 Å². The van der Waals surface area contributed by atoms with Crippen LogP contribution in [-0.4, -0.2) is 70.3 Å². The van der Waals surface area contributed by atoms with Gasteiger partial charge in [0.1, 0.15) is 0 Å². The average molecular weight is 426 g/mol. The average Bonchev–Trinajstić information content (AvgIpc) is 2.62. The molecule has 0 bridgehead atoms. The van der Waals surface area contributed by atoms with Crippen molar-refractivity contribution in [2.75, 3.05) is 52.7 Å². The van der Waals surface area contributed by atoms with Gasteiger partial charge in [-0.2, -0.15) is 0 Å². The summed E-state index contributed by atoms with van der Waals surface area (Å²) in [6.07, 6.45) is 1.94. The molecule has 0 aromatic rings. The first-order valence-electron chi connectivity index (χ1n) is 10.6. The van der Waals surface area contributed by atoms with Crippen LogP contribution in [0, 0.1) is 0 Å². The minimum atomic E-state index is -2.52. The molecule has 1 N–H and O–H groups in total. The van der Waals surface area contributed by atoms with Crippen LogP contribution in [0.5, 0.6) is 0 Å². The van der Waals surface area contributed by atoms with Crippen molar-refractivity contribution in [2.24, 2.45) is 0 Å². The molecule has 0 aliphatic heterocycles. The largest absolute Gasteiger partial charge is 0.500 e. The third-order valence-electron chi connectivity index (χ3n) is 3.86. The van der Waals surface area contributed by atoms with Gasteiger partial charge in [-0.25, -0.2) is 0 Å². The Morgan fingerprint density at radius 3 is 0.963 bits per heavy atom. The van der Waals surface area contributed by atoms with Crippen LogP contribution in [0.25, 0.3) is 0 Å². The van der Waals surface area contributed by atoms with Crippen LogP contribution < -0.4 is 5.32 Å². The lowest BCUT2D eigenvalue weighted by molar-refractivity contribution is 0.0705. The van der Waals surface area contributed by atoms with Gasteiger partial charge in [0, 0.05) is 51.7 Å². The van der Waals surface area contributed by atoms with E-state index in [1.54, 1.807) is 0 Å². The second-order valence-corrected chi connectivity index (χ2v) is 11.4. The highest BCUT2D eigenvalue weighted by Gasteiger charge is 2.40. The first-order valence-corrected chi connectivity index (χ1v) is 14.5. The SMILES string of the molecule is CCO[Si](CCCNCCC[Si](OCC)(OCC)OCC)(OCC)OCC. The van der Waals surface area contributed by atoms with Gasteiger partial charge in [-0.15, -0.1) is 0 Å². The molecule has 0 aromatic heterocycles. The molecule has 0 atom stereocenters. The summed E-state index contributed by atoms with van der Waals surface area (Å²) >= 11 is 0. The molecule has 0 spiro atoms. The Balaban J connectivity index is 4.24. The molecule has 9 heteroatoms. The molecule has 7 nitrogen and oxygen atoms in total. The Morgan fingerprint density at radius 1 is 0.481 bits per heavy atom. The zero-order valence-corrected chi connectivity index (χ0v) is 20.4. The standard InChI is InChI=1S/C18H43NO6Si2/c1-7-20-26(21-8-2,22-9-3)17-13-15-19-16-14-18-27(23-10-4,24-11-5)25-12-6/h19H,7-18H2,1-6H3. The number of nitrogens with one attached hydrogen (secondary N) is 1. The summed E-state index contributed by atoms with van der Waals surface area (Å²) in [5.74, 6) is 0. The van der Waals surface area contributed by atoms with E-state index >= 15 is 0 Å². The van der Waals surface area contributed by atoms with Gasteiger partial charge >= 0.3 is 17.6 Å². The van der Waals surface area contributed by atoms with Crippen LogP contribution in [0.2, 0.25) is 12.1 Å². The van der Waals surface area contributed by atoms with E-state index in [4.69, 9.17) is 26.6 Å². The number of rotatable bonds is 20. The van der Waals surface area contributed by atoms with E-state index in [9.17, 15) is 0 Å². The fourth-order valence-electron chi connectivity index (χ4n) is 2.99. The van der Waals surface area contributed by atoms with Crippen molar-refractivity contribution < 1.29 is 26.6 Å². The smallest absolute Gasteiger partial charge is 0.374 e. The van der Waals surface area contributed by atoms with Crippen LogP contribution in [0.15, 0.2) is 0 Å². The zero-order valence-electron chi connectivity index (χ0n) is 18.4. The van der Waals surface area contributed by atoms with Gasteiger partial charge in [0.25, 0.3) is 0 Å². The molecule has 0 aliphatic carbocycles. The third-order valence-corrected chi connectivity index (χ3v) is 10.2. The first kappa shape index (κ1) is 27.2. The van der Waals surface area contributed by atoms with E-state index in [-0.39, 0.29) is 0 Å². The maximum atomic E-state index is 5.89. The van der Waals surface area contributed by atoms with E-state index in [2.05, 4.69) is 5.32 Å². The van der Waals surface area contributed by atoms with Gasteiger partial charge in [0.2, 0.25) is 0 Å². The highest BCUT2D eigenvalue weighted by Crippen LogP contribution is 2.19. The summed E-state index contributed by atoms with van der Waals surface area (Å²) in [4.78, 5) is 0. The molecule has 0 radical (unpaired) electrons. The lowest BCUT2D eigenvalue weighted by atomic mass is 10.4. The summed E-state index contributed by atoms with van der Waals surface area (Å²) in [5, 5.41) is 3.49. The molecule has 0 aromatic carbocycles. The van der Waals surface area contributed by atoms with Crippen molar-refractivity contribution >= 4 is 17.6 Å². The summed E-state index contributed by atoms with van der Waals surface area (Å²) in [7, 11) is -5.04. The molecule has 0 saturated carbocycles. The van der Waals surface area contributed by atoms with E-state index in [0.717, 1.165) is 38.0 Å². The van der Waals surface area contributed by atoms with Gasteiger partial charge in [0.15, 0.2) is 0 Å². The Labute approximate surface area is 169 Å². The Bertz CT molecular complexity index is 275. The second kappa shape index (κ2) is 17.0. The predicted octanol–water partition coefficient (Wildman–Crippen LogP) is 3.45. The predicted molar refractivity (Wildman–Crippen MR) is 113 cm³/mol. The summed E-state index contributed by atoms with van der Waals surface area (Å²) in [6, 6.07) is 1.68. The second-order valence-electron chi connectivity index (χ2n) is 5.92. The zero-order chi connectivity index (χ0) is 20.4. The van der Waals surface area contributed by atoms with E-state index in [0.29, 0.717) is 39.6 Å². The van der Waals surface area contributed by atoms with E-state index < -0.39 is 17.6 Å². The monoisotopic (exact) mass is 425 g/mol. The van der Waals surface area contributed by atoms with Crippen molar-refractivity contribution in [2.45, 2.75) is 66.5 Å². The maximum absolute atomic E-state index is 5.89. The summed E-state index contributed by atoms with van der Waals surface area (Å²) in [6.45, 7) is 17.5. The molecular weight excluding hydrogens is 382 g/mol. The molecule has 0 aliphatic rings. The Morgan fingerprint density at radius 2 is 0.741 bits per heavy atom. The Kier molecular flexibility index (Phi) is 17.1. The molecule has 0 unspecified atom stereocenters. The fraction of sp³-hybridized carbons (Fsp3) is 1.00. The molecule has 164 valence electrons. The summed E-state index contributed by atoms with van der Waals surface area (Å²) in [5.41, 5.74) is 0. The first-order chi connectivity index (χ1) is 13.1. The van der Waals surface area contributed by atoms with Gasteiger partial charge in [-0.3, -0.25) is 0 Å². The van der Waals surface area contributed by atoms with Crippen LogP contribution in [0.1, 0.15) is 54.4 Å². The van der Waals surface area contributed by atoms with Crippen molar-refractivity contribution in [3.8, 4) is 0 Å².